The third-order valence-electron chi connectivity index (χ3n) is 6.56. The van der Waals surface area contributed by atoms with Gasteiger partial charge in [-0.1, -0.05) is 44.2 Å². The summed E-state index contributed by atoms with van der Waals surface area (Å²) in [6, 6.07) is 7.38. The van der Waals surface area contributed by atoms with Gasteiger partial charge in [-0.2, -0.15) is 0 Å². The van der Waals surface area contributed by atoms with E-state index < -0.39 is 35.9 Å². The fourth-order valence-corrected chi connectivity index (χ4v) is 4.35. The molecule has 1 fully saturated rings. The number of ether oxygens (including phenoxy) is 2. The SMILES string of the molecule is CC(C)[C@@H](CO)NC(=O)[C@@H]1CCCN1C(=O)[C@H](CCCCNC(=O)OCc1ccccc1)NC(=O)OC(C)(C)C. The molecule has 4 N–H and O–H groups in total. The van der Waals surface area contributed by atoms with Gasteiger partial charge in [0.1, 0.15) is 24.3 Å². The first-order chi connectivity index (χ1) is 18.9. The average molecular weight is 563 g/mol. The van der Waals surface area contributed by atoms with E-state index >= 15 is 0 Å². The molecular weight excluding hydrogens is 516 g/mol. The molecule has 4 amide bonds. The van der Waals surface area contributed by atoms with E-state index in [1.165, 1.54) is 4.90 Å². The summed E-state index contributed by atoms with van der Waals surface area (Å²) in [6.45, 7) is 9.72. The van der Waals surface area contributed by atoms with Crippen LogP contribution in [0.5, 0.6) is 0 Å². The molecule has 1 heterocycles. The highest BCUT2D eigenvalue weighted by atomic mass is 16.6. The fourth-order valence-electron chi connectivity index (χ4n) is 4.35. The van der Waals surface area contributed by atoms with E-state index in [1.807, 2.05) is 44.2 Å². The maximum atomic E-state index is 13.6. The number of amides is 4. The first-order valence-electron chi connectivity index (χ1n) is 14.1. The van der Waals surface area contributed by atoms with E-state index in [1.54, 1.807) is 20.8 Å². The number of alkyl carbamates (subject to hydrolysis) is 2. The Kier molecular flexibility index (Phi) is 13.2. The molecule has 40 heavy (non-hydrogen) atoms. The maximum absolute atomic E-state index is 13.6. The third-order valence-corrected chi connectivity index (χ3v) is 6.56. The van der Waals surface area contributed by atoms with Crippen LogP contribution in [0.15, 0.2) is 30.3 Å². The van der Waals surface area contributed by atoms with Crippen molar-refractivity contribution >= 4 is 24.0 Å². The van der Waals surface area contributed by atoms with E-state index in [-0.39, 0.29) is 30.9 Å². The van der Waals surface area contributed by atoms with Gasteiger partial charge >= 0.3 is 12.2 Å². The van der Waals surface area contributed by atoms with Crippen molar-refractivity contribution in [1.82, 2.24) is 20.9 Å². The van der Waals surface area contributed by atoms with Crippen molar-refractivity contribution in [2.45, 2.75) is 97.1 Å². The Morgan fingerprint density at radius 3 is 2.38 bits per heavy atom. The highest BCUT2D eigenvalue weighted by Gasteiger charge is 2.38. The van der Waals surface area contributed by atoms with E-state index in [2.05, 4.69) is 16.0 Å². The van der Waals surface area contributed by atoms with Crippen molar-refractivity contribution in [2.24, 2.45) is 5.92 Å². The third kappa shape index (κ3) is 11.4. The van der Waals surface area contributed by atoms with Crippen molar-refractivity contribution in [3.8, 4) is 0 Å². The predicted molar refractivity (Wildman–Crippen MR) is 150 cm³/mol. The molecule has 1 saturated heterocycles. The minimum absolute atomic E-state index is 0.0327. The van der Waals surface area contributed by atoms with Gasteiger partial charge in [0.05, 0.1) is 12.6 Å². The quantitative estimate of drug-likeness (QED) is 0.270. The Morgan fingerprint density at radius 1 is 1.05 bits per heavy atom. The van der Waals surface area contributed by atoms with Crippen LogP contribution < -0.4 is 16.0 Å². The van der Waals surface area contributed by atoms with Crippen LogP contribution in [0.25, 0.3) is 0 Å². The molecule has 1 aromatic rings. The molecule has 1 aliphatic heterocycles. The van der Waals surface area contributed by atoms with Gasteiger partial charge in [0.2, 0.25) is 11.8 Å². The lowest BCUT2D eigenvalue weighted by Gasteiger charge is -2.31. The van der Waals surface area contributed by atoms with Gasteiger partial charge in [-0.25, -0.2) is 9.59 Å². The second kappa shape index (κ2) is 16.1. The Labute approximate surface area is 237 Å². The monoisotopic (exact) mass is 562 g/mol. The minimum atomic E-state index is -0.896. The van der Waals surface area contributed by atoms with Crippen molar-refractivity contribution in [3.63, 3.8) is 0 Å². The lowest BCUT2D eigenvalue weighted by atomic mass is 10.0. The van der Waals surface area contributed by atoms with Crippen LogP contribution in [-0.4, -0.2) is 77.4 Å². The number of rotatable bonds is 13. The molecule has 0 bridgehead atoms. The second-order valence-electron chi connectivity index (χ2n) is 11.4. The molecule has 11 heteroatoms. The van der Waals surface area contributed by atoms with Crippen LogP contribution in [0, 0.1) is 5.92 Å². The van der Waals surface area contributed by atoms with Crippen molar-refractivity contribution in [2.75, 3.05) is 19.7 Å². The van der Waals surface area contributed by atoms with Crippen LogP contribution in [0.3, 0.4) is 0 Å². The molecule has 0 radical (unpaired) electrons. The molecule has 0 saturated carbocycles. The smallest absolute Gasteiger partial charge is 0.408 e. The Morgan fingerprint density at radius 2 is 1.75 bits per heavy atom. The van der Waals surface area contributed by atoms with Crippen LogP contribution in [-0.2, 0) is 25.7 Å². The number of hydrogen-bond donors (Lipinski definition) is 4. The number of unbranched alkanes of at least 4 members (excludes halogenated alkanes) is 1. The molecule has 1 aromatic carbocycles. The fraction of sp³-hybridized carbons (Fsp3) is 0.655. The number of nitrogens with zero attached hydrogens (tertiary/aromatic N) is 1. The first-order valence-corrected chi connectivity index (χ1v) is 14.1. The Bertz CT molecular complexity index is 965. The molecule has 0 spiro atoms. The van der Waals surface area contributed by atoms with E-state index in [9.17, 15) is 24.3 Å². The lowest BCUT2D eigenvalue weighted by Crippen LogP contribution is -2.55. The van der Waals surface area contributed by atoms with Crippen LogP contribution in [0.2, 0.25) is 0 Å². The number of carbonyl (C=O) groups is 4. The summed E-state index contributed by atoms with van der Waals surface area (Å²) in [4.78, 5) is 52.6. The zero-order valence-corrected chi connectivity index (χ0v) is 24.4. The highest BCUT2D eigenvalue weighted by Crippen LogP contribution is 2.21. The van der Waals surface area contributed by atoms with Gasteiger partial charge in [0.25, 0.3) is 0 Å². The molecule has 3 atom stereocenters. The molecule has 0 aromatic heterocycles. The number of hydrogen-bond acceptors (Lipinski definition) is 7. The Hall–Kier alpha value is -3.34. The second-order valence-corrected chi connectivity index (χ2v) is 11.4. The highest BCUT2D eigenvalue weighted by molar-refractivity contribution is 5.92. The summed E-state index contributed by atoms with van der Waals surface area (Å²) in [5, 5.41) is 17.8. The van der Waals surface area contributed by atoms with Crippen LogP contribution >= 0.6 is 0 Å². The summed E-state index contributed by atoms with van der Waals surface area (Å²) in [5.74, 6) is -0.637. The van der Waals surface area contributed by atoms with Crippen molar-refractivity contribution in [1.29, 1.82) is 0 Å². The molecule has 1 aliphatic rings. The van der Waals surface area contributed by atoms with Gasteiger partial charge in [0.15, 0.2) is 0 Å². The van der Waals surface area contributed by atoms with E-state index in [0.29, 0.717) is 45.2 Å². The number of aliphatic hydroxyl groups excluding tert-OH is 1. The van der Waals surface area contributed by atoms with Crippen molar-refractivity contribution < 1.29 is 33.8 Å². The van der Waals surface area contributed by atoms with Gasteiger partial charge in [-0.05, 0) is 64.4 Å². The number of likely N-dealkylation sites (tertiary alicyclic amines) is 1. The topological polar surface area (TPSA) is 146 Å². The molecular formula is C29H46N4O7. The first kappa shape index (κ1) is 32.9. The number of carbonyl (C=O) groups excluding carboxylic acids is 4. The minimum Gasteiger partial charge on any atom is -0.445 e. The molecule has 224 valence electrons. The lowest BCUT2D eigenvalue weighted by molar-refractivity contribution is -0.140. The molecule has 0 aliphatic carbocycles. The molecule has 11 nitrogen and oxygen atoms in total. The largest absolute Gasteiger partial charge is 0.445 e. The van der Waals surface area contributed by atoms with Crippen LogP contribution in [0.4, 0.5) is 9.59 Å². The normalized spacial score (nSPS) is 16.7. The van der Waals surface area contributed by atoms with Gasteiger partial charge in [0, 0.05) is 13.1 Å². The number of nitrogens with one attached hydrogen (secondary N) is 3. The van der Waals surface area contributed by atoms with Gasteiger partial charge in [-0.3, -0.25) is 9.59 Å². The number of aliphatic hydroxyl groups is 1. The average Bonchev–Trinajstić information content (AvgIpc) is 3.38. The predicted octanol–water partition coefficient (Wildman–Crippen LogP) is 3.10. The van der Waals surface area contributed by atoms with Gasteiger partial charge in [-0.15, -0.1) is 0 Å². The summed E-state index contributed by atoms with van der Waals surface area (Å²) < 4.78 is 10.6. The number of benzene rings is 1. The van der Waals surface area contributed by atoms with Gasteiger partial charge < -0.3 is 35.4 Å². The summed E-state index contributed by atoms with van der Waals surface area (Å²) in [5.41, 5.74) is 0.144. The Balaban J connectivity index is 1.94. The van der Waals surface area contributed by atoms with Crippen molar-refractivity contribution in [3.05, 3.63) is 35.9 Å². The van der Waals surface area contributed by atoms with E-state index in [4.69, 9.17) is 9.47 Å². The zero-order chi connectivity index (χ0) is 29.7. The standard InChI is InChI=1S/C29H46N4O7/c1-20(2)23(18-34)31-25(35)24-15-11-17-33(24)26(36)22(32-28(38)40-29(3,4)5)14-9-10-16-30-27(37)39-19-21-12-7-6-8-13-21/h6-8,12-13,20,22-24,34H,9-11,14-19H2,1-5H3,(H,30,37)(H,31,35)(H,32,38)/t22-,23+,24-/m0/s1. The molecule has 2 rings (SSSR count). The van der Waals surface area contributed by atoms with E-state index in [0.717, 1.165) is 5.56 Å². The summed E-state index contributed by atoms with van der Waals surface area (Å²) in [6.07, 6.45) is 1.29. The zero-order valence-electron chi connectivity index (χ0n) is 24.4. The van der Waals surface area contributed by atoms with Crippen LogP contribution in [0.1, 0.15) is 72.3 Å². The maximum Gasteiger partial charge on any atom is 0.408 e. The summed E-state index contributed by atoms with van der Waals surface area (Å²) >= 11 is 0. The summed E-state index contributed by atoms with van der Waals surface area (Å²) in [7, 11) is 0. The molecule has 0 unspecified atom stereocenters.